The first kappa shape index (κ1) is 10.7. The molecule has 0 saturated carbocycles. The summed E-state index contributed by atoms with van der Waals surface area (Å²) >= 11 is 0. The Kier molecular flexibility index (Phi) is 2.88. The van der Waals surface area contributed by atoms with Gasteiger partial charge in [-0.25, -0.2) is 4.39 Å². The Morgan fingerprint density at radius 2 is 2.07 bits per heavy atom. The maximum absolute atomic E-state index is 12.7. The summed E-state index contributed by atoms with van der Waals surface area (Å²) in [7, 11) is 0. The average Bonchev–Trinajstić information content (AvgIpc) is 2.02. The maximum Gasteiger partial charge on any atom is 0.429 e. The lowest BCUT2D eigenvalue weighted by molar-refractivity contribution is -0.215. The molecule has 1 atom stereocenters. The molecule has 0 fully saturated rings. The number of benzene rings is 1. The van der Waals surface area contributed by atoms with Gasteiger partial charge in [0.05, 0.1) is 0 Å². The second kappa shape index (κ2) is 3.77. The van der Waals surface area contributed by atoms with Gasteiger partial charge in [0.1, 0.15) is 5.75 Å². The van der Waals surface area contributed by atoms with Gasteiger partial charge in [0.25, 0.3) is 0 Å². The smallest absolute Gasteiger partial charge is 0.429 e. The zero-order valence-corrected chi connectivity index (χ0v) is 7.51. The van der Waals surface area contributed by atoms with Crippen LogP contribution in [0.4, 0.5) is 18.9 Å². The highest BCUT2D eigenvalue weighted by atomic mass is 19.3. The van der Waals surface area contributed by atoms with Crippen LogP contribution in [0.3, 0.4) is 0 Å². The Bertz CT molecular complexity index is 315. The highest BCUT2D eigenvalue weighted by Crippen LogP contribution is 2.27. The van der Waals surface area contributed by atoms with Crippen LogP contribution in [-0.4, -0.2) is 12.3 Å². The zero-order chi connectivity index (χ0) is 10.8. The van der Waals surface area contributed by atoms with E-state index >= 15 is 0 Å². The minimum absolute atomic E-state index is 0.153. The molecule has 0 radical (unpaired) electrons. The highest BCUT2D eigenvalue weighted by Gasteiger charge is 2.39. The van der Waals surface area contributed by atoms with Gasteiger partial charge in [0.15, 0.2) is 0 Å². The molecule has 1 unspecified atom stereocenters. The van der Waals surface area contributed by atoms with Crippen LogP contribution >= 0.6 is 0 Å². The SMILES string of the molecule is CC(F)C(F)(F)Oc1cccc(N)c1. The van der Waals surface area contributed by atoms with Crippen LogP contribution in [0.2, 0.25) is 0 Å². The van der Waals surface area contributed by atoms with Crippen LogP contribution in [0.25, 0.3) is 0 Å². The van der Waals surface area contributed by atoms with E-state index in [1.165, 1.54) is 24.3 Å². The second-order valence-electron chi connectivity index (χ2n) is 2.85. The van der Waals surface area contributed by atoms with Crippen molar-refractivity contribution in [1.82, 2.24) is 0 Å². The van der Waals surface area contributed by atoms with Crippen LogP contribution in [0.1, 0.15) is 6.92 Å². The van der Waals surface area contributed by atoms with Gasteiger partial charge < -0.3 is 10.5 Å². The van der Waals surface area contributed by atoms with E-state index in [2.05, 4.69) is 4.74 Å². The van der Waals surface area contributed by atoms with Gasteiger partial charge in [0, 0.05) is 11.8 Å². The summed E-state index contributed by atoms with van der Waals surface area (Å²) in [5.74, 6) is -0.153. The van der Waals surface area contributed by atoms with Gasteiger partial charge in [0.2, 0.25) is 6.17 Å². The number of alkyl halides is 3. The lowest BCUT2D eigenvalue weighted by Crippen LogP contribution is -2.34. The van der Waals surface area contributed by atoms with Crippen molar-refractivity contribution in [2.75, 3.05) is 5.73 Å². The molecule has 0 saturated heterocycles. The summed E-state index contributed by atoms with van der Waals surface area (Å²) in [6.07, 6.45) is -6.20. The number of hydrogen-bond donors (Lipinski definition) is 1. The van der Waals surface area contributed by atoms with Crippen molar-refractivity contribution in [2.45, 2.75) is 19.2 Å². The van der Waals surface area contributed by atoms with Crippen LogP contribution in [0.15, 0.2) is 24.3 Å². The topological polar surface area (TPSA) is 35.2 Å². The number of nitrogens with two attached hydrogens (primary N) is 1. The third-order valence-electron chi connectivity index (χ3n) is 1.58. The Morgan fingerprint density at radius 3 is 2.57 bits per heavy atom. The average molecular weight is 205 g/mol. The van der Waals surface area contributed by atoms with Crippen molar-refractivity contribution in [3.8, 4) is 5.75 Å². The molecule has 5 heteroatoms. The molecular weight excluding hydrogens is 195 g/mol. The third kappa shape index (κ3) is 2.55. The summed E-state index contributed by atoms with van der Waals surface area (Å²) in [6.45, 7) is 0.728. The summed E-state index contributed by atoms with van der Waals surface area (Å²) in [5.41, 5.74) is 5.62. The molecule has 2 nitrogen and oxygen atoms in total. The van der Waals surface area contributed by atoms with Crippen molar-refractivity contribution in [1.29, 1.82) is 0 Å². The third-order valence-corrected chi connectivity index (χ3v) is 1.58. The van der Waals surface area contributed by atoms with E-state index in [1.807, 2.05) is 0 Å². The number of nitrogen functional groups attached to an aromatic ring is 1. The fraction of sp³-hybridized carbons (Fsp3) is 0.333. The van der Waals surface area contributed by atoms with Gasteiger partial charge in [-0.2, -0.15) is 8.78 Å². The quantitative estimate of drug-likeness (QED) is 0.770. The Balaban J connectivity index is 2.78. The lowest BCUT2D eigenvalue weighted by Gasteiger charge is -2.18. The van der Waals surface area contributed by atoms with E-state index in [-0.39, 0.29) is 11.4 Å². The molecule has 2 N–H and O–H groups in total. The molecule has 78 valence electrons. The van der Waals surface area contributed by atoms with E-state index in [1.54, 1.807) is 0 Å². The summed E-state index contributed by atoms with van der Waals surface area (Å²) < 4.78 is 42.0. The van der Waals surface area contributed by atoms with E-state index < -0.39 is 12.3 Å². The highest BCUT2D eigenvalue weighted by molar-refractivity contribution is 5.43. The fourth-order valence-electron chi connectivity index (χ4n) is 0.816. The van der Waals surface area contributed by atoms with E-state index in [4.69, 9.17) is 5.73 Å². The maximum atomic E-state index is 12.7. The first-order chi connectivity index (χ1) is 6.42. The molecule has 1 rings (SSSR count). The number of ether oxygens (including phenoxy) is 1. The van der Waals surface area contributed by atoms with Gasteiger partial charge >= 0.3 is 6.11 Å². The predicted molar refractivity (Wildman–Crippen MR) is 47.0 cm³/mol. The van der Waals surface area contributed by atoms with Crippen LogP contribution in [0.5, 0.6) is 5.75 Å². The number of hydrogen-bond acceptors (Lipinski definition) is 2. The molecule has 1 aromatic carbocycles. The molecule has 0 amide bonds. The van der Waals surface area contributed by atoms with Crippen molar-refractivity contribution < 1.29 is 17.9 Å². The zero-order valence-electron chi connectivity index (χ0n) is 7.51. The van der Waals surface area contributed by atoms with Crippen molar-refractivity contribution in [3.63, 3.8) is 0 Å². The first-order valence-electron chi connectivity index (χ1n) is 3.98. The van der Waals surface area contributed by atoms with Crippen molar-refractivity contribution in [3.05, 3.63) is 24.3 Å². The van der Waals surface area contributed by atoms with Crippen molar-refractivity contribution >= 4 is 5.69 Å². The minimum Gasteiger partial charge on any atom is -0.430 e. The molecule has 0 heterocycles. The Morgan fingerprint density at radius 1 is 1.43 bits per heavy atom. The summed E-state index contributed by atoms with van der Waals surface area (Å²) in [4.78, 5) is 0. The van der Waals surface area contributed by atoms with Crippen LogP contribution in [0, 0.1) is 0 Å². The molecule has 14 heavy (non-hydrogen) atoms. The van der Waals surface area contributed by atoms with E-state index in [0.717, 1.165) is 6.92 Å². The Hall–Kier alpha value is -1.39. The predicted octanol–water partition coefficient (Wildman–Crippen LogP) is 2.60. The van der Waals surface area contributed by atoms with Gasteiger partial charge in [-0.3, -0.25) is 0 Å². The Labute approximate surface area is 79.5 Å². The minimum atomic E-state index is -3.83. The van der Waals surface area contributed by atoms with Crippen LogP contribution < -0.4 is 10.5 Å². The van der Waals surface area contributed by atoms with Gasteiger partial charge in [-0.15, -0.1) is 0 Å². The molecule has 0 aliphatic carbocycles. The lowest BCUT2D eigenvalue weighted by atomic mass is 10.3. The molecular formula is C9H10F3NO. The summed E-state index contributed by atoms with van der Waals surface area (Å²) in [6, 6.07) is 5.45. The molecule has 0 spiro atoms. The normalized spacial score (nSPS) is 13.7. The fourth-order valence-corrected chi connectivity index (χ4v) is 0.816. The molecule has 0 aliphatic heterocycles. The summed E-state index contributed by atoms with van der Waals surface area (Å²) in [5, 5.41) is 0. The second-order valence-corrected chi connectivity index (χ2v) is 2.85. The van der Waals surface area contributed by atoms with Gasteiger partial charge in [-0.05, 0) is 19.1 Å². The first-order valence-corrected chi connectivity index (χ1v) is 3.98. The number of halogens is 3. The molecule has 0 aromatic heterocycles. The van der Waals surface area contributed by atoms with Gasteiger partial charge in [-0.1, -0.05) is 6.07 Å². The molecule has 1 aromatic rings. The number of rotatable bonds is 3. The molecule has 0 aliphatic rings. The van der Waals surface area contributed by atoms with E-state index in [0.29, 0.717) is 0 Å². The largest absolute Gasteiger partial charge is 0.430 e. The molecule has 0 bridgehead atoms. The van der Waals surface area contributed by atoms with Crippen LogP contribution in [-0.2, 0) is 0 Å². The van der Waals surface area contributed by atoms with Crippen molar-refractivity contribution in [2.24, 2.45) is 0 Å². The van der Waals surface area contributed by atoms with E-state index in [9.17, 15) is 13.2 Å². The number of anilines is 1. The standard InChI is InChI=1S/C9H10F3NO/c1-6(10)9(11,12)14-8-4-2-3-7(13)5-8/h2-6H,13H2,1H3. The monoisotopic (exact) mass is 205 g/mol.